The summed E-state index contributed by atoms with van der Waals surface area (Å²) in [7, 11) is 0. The summed E-state index contributed by atoms with van der Waals surface area (Å²) < 4.78 is 0. The van der Waals surface area contributed by atoms with E-state index in [0.29, 0.717) is 11.5 Å². The van der Waals surface area contributed by atoms with Crippen molar-refractivity contribution in [2.75, 3.05) is 11.9 Å². The summed E-state index contributed by atoms with van der Waals surface area (Å²) in [6.45, 7) is 7.97. The van der Waals surface area contributed by atoms with E-state index in [2.05, 4.69) is 41.4 Å². The van der Waals surface area contributed by atoms with Gasteiger partial charge in [-0.15, -0.1) is 0 Å². The van der Waals surface area contributed by atoms with E-state index in [1.54, 1.807) is 37.4 Å². The summed E-state index contributed by atoms with van der Waals surface area (Å²) in [6.07, 6.45) is 4.58. The lowest BCUT2D eigenvalue weighted by molar-refractivity contribution is -0.133. The molecular formula is C24H29N5O3. The van der Waals surface area contributed by atoms with E-state index in [4.69, 9.17) is 0 Å². The summed E-state index contributed by atoms with van der Waals surface area (Å²) in [5.41, 5.74) is 1.74. The maximum absolute atomic E-state index is 13.0. The topological polar surface area (TPSA) is 104 Å². The van der Waals surface area contributed by atoms with Crippen molar-refractivity contribution in [3.8, 4) is 0 Å². The van der Waals surface area contributed by atoms with E-state index in [1.165, 1.54) is 0 Å². The zero-order chi connectivity index (χ0) is 23.1. The number of nitrogens with one attached hydrogen (secondary N) is 2. The Labute approximate surface area is 187 Å². The van der Waals surface area contributed by atoms with Gasteiger partial charge in [0.15, 0.2) is 0 Å². The fourth-order valence-corrected chi connectivity index (χ4v) is 4.42. The minimum absolute atomic E-state index is 0.195. The third-order valence-corrected chi connectivity index (χ3v) is 6.55. The number of urea groups is 1. The van der Waals surface area contributed by atoms with Crippen LogP contribution in [0.4, 0.5) is 10.7 Å². The molecule has 2 N–H and O–H groups in total. The monoisotopic (exact) mass is 435 g/mol. The van der Waals surface area contributed by atoms with Crippen LogP contribution >= 0.6 is 0 Å². The summed E-state index contributed by atoms with van der Waals surface area (Å²) in [5, 5.41) is 5.33. The van der Waals surface area contributed by atoms with Gasteiger partial charge in [0, 0.05) is 11.9 Å². The normalized spacial score (nSPS) is 23.0. The second-order valence-electron chi connectivity index (χ2n) is 9.83. The number of imide groups is 1. The second-order valence-corrected chi connectivity index (χ2v) is 9.83. The molecule has 4 amide bonds. The van der Waals surface area contributed by atoms with Crippen LogP contribution in [0.2, 0.25) is 0 Å². The molecule has 0 bridgehead atoms. The van der Waals surface area contributed by atoms with Gasteiger partial charge < -0.3 is 5.32 Å². The number of fused-ring (bicyclic) bond motifs is 1. The molecule has 2 aromatic rings. The third kappa shape index (κ3) is 4.09. The van der Waals surface area contributed by atoms with E-state index in [9.17, 15) is 14.4 Å². The molecule has 8 nitrogen and oxygen atoms in total. The number of carbonyl (C=O) groups is 3. The predicted molar refractivity (Wildman–Crippen MR) is 120 cm³/mol. The van der Waals surface area contributed by atoms with Gasteiger partial charge in [0.25, 0.3) is 5.91 Å². The Balaban J connectivity index is 1.42. The van der Waals surface area contributed by atoms with Gasteiger partial charge in [0.1, 0.15) is 12.1 Å². The van der Waals surface area contributed by atoms with Crippen molar-refractivity contribution in [1.82, 2.24) is 20.2 Å². The first-order valence-electron chi connectivity index (χ1n) is 10.9. The van der Waals surface area contributed by atoms with Crippen molar-refractivity contribution in [3.63, 3.8) is 0 Å². The lowest BCUT2D eigenvalue weighted by atomic mass is 9.72. The number of hydrogen-bond donors (Lipinski definition) is 2. The number of hydrogen-bond acceptors (Lipinski definition) is 5. The number of amides is 4. The fourth-order valence-electron chi connectivity index (χ4n) is 4.42. The Hall–Kier alpha value is -3.29. The summed E-state index contributed by atoms with van der Waals surface area (Å²) in [4.78, 5) is 47.7. The Bertz CT molecular complexity index is 1060. The van der Waals surface area contributed by atoms with E-state index < -0.39 is 29.9 Å². The summed E-state index contributed by atoms with van der Waals surface area (Å²) >= 11 is 0. The van der Waals surface area contributed by atoms with Crippen LogP contribution in [-0.4, -0.2) is 39.3 Å². The van der Waals surface area contributed by atoms with E-state index in [0.717, 1.165) is 35.4 Å². The Kier molecular flexibility index (Phi) is 5.48. The maximum atomic E-state index is 13.0. The van der Waals surface area contributed by atoms with Crippen molar-refractivity contribution < 1.29 is 14.4 Å². The molecule has 0 radical (unpaired) electrons. The molecule has 1 aliphatic heterocycles. The van der Waals surface area contributed by atoms with Crippen LogP contribution in [0.3, 0.4) is 0 Å². The highest BCUT2D eigenvalue weighted by molar-refractivity contribution is 6.10. The highest BCUT2D eigenvalue weighted by Gasteiger charge is 2.49. The predicted octanol–water partition coefficient (Wildman–Crippen LogP) is 3.03. The second kappa shape index (κ2) is 8.00. The van der Waals surface area contributed by atoms with Gasteiger partial charge in [-0.3, -0.25) is 19.8 Å². The molecule has 1 fully saturated rings. The van der Waals surface area contributed by atoms with Gasteiger partial charge in [-0.1, -0.05) is 51.1 Å². The SMILES string of the molecule is CC(C)(C)[C@@H]1CCc2nc(NC(=O)CN3C(=O)N[C@@](C)(c4ccccc4)C3=O)ncc2C1. The van der Waals surface area contributed by atoms with Crippen molar-refractivity contribution >= 4 is 23.8 Å². The average molecular weight is 436 g/mol. The van der Waals surface area contributed by atoms with Crippen molar-refractivity contribution in [1.29, 1.82) is 0 Å². The molecule has 32 heavy (non-hydrogen) atoms. The molecule has 168 valence electrons. The number of aromatic nitrogens is 2. The molecule has 1 saturated heterocycles. The zero-order valence-corrected chi connectivity index (χ0v) is 18.9. The highest BCUT2D eigenvalue weighted by Crippen LogP contribution is 2.36. The van der Waals surface area contributed by atoms with Crippen molar-refractivity contribution in [2.45, 2.75) is 52.5 Å². The average Bonchev–Trinajstić information content (AvgIpc) is 2.97. The molecule has 1 aliphatic carbocycles. The van der Waals surface area contributed by atoms with E-state index in [1.807, 2.05) is 6.07 Å². The Morgan fingerprint density at radius 3 is 2.66 bits per heavy atom. The van der Waals surface area contributed by atoms with Crippen LogP contribution < -0.4 is 10.6 Å². The van der Waals surface area contributed by atoms with Crippen LogP contribution in [0.5, 0.6) is 0 Å². The molecular weight excluding hydrogens is 406 g/mol. The molecule has 0 saturated carbocycles. The number of rotatable bonds is 4. The molecule has 1 aromatic heterocycles. The number of benzene rings is 1. The number of anilines is 1. The zero-order valence-electron chi connectivity index (χ0n) is 18.9. The van der Waals surface area contributed by atoms with Gasteiger partial charge in [-0.25, -0.2) is 14.8 Å². The summed E-state index contributed by atoms with van der Waals surface area (Å²) in [5.74, 6) is -0.226. The molecule has 2 atom stereocenters. The first-order chi connectivity index (χ1) is 15.1. The molecule has 0 unspecified atom stereocenters. The lowest BCUT2D eigenvalue weighted by Gasteiger charge is -2.34. The van der Waals surface area contributed by atoms with E-state index in [-0.39, 0.29) is 11.4 Å². The minimum Gasteiger partial charge on any atom is -0.319 e. The molecule has 2 heterocycles. The van der Waals surface area contributed by atoms with Crippen LogP contribution in [-0.2, 0) is 28.0 Å². The summed E-state index contributed by atoms with van der Waals surface area (Å²) in [6, 6.07) is 8.37. The first-order valence-corrected chi connectivity index (χ1v) is 10.9. The molecule has 4 rings (SSSR count). The maximum Gasteiger partial charge on any atom is 0.325 e. The fraction of sp³-hybridized carbons (Fsp3) is 0.458. The molecule has 0 spiro atoms. The quantitative estimate of drug-likeness (QED) is 0.719. The number of carbonyl (C=O) groups excluding carboxylic acids is 3. The van der Waals surface area contributed by atoms with Gasteiger partial charge in [-0.05, 0) is 48.6 Å². The van der Waals surface area contributed by atoms with Gasteiger partial charge >= 0.3 is 6.03 Å². The molecule has 1 aromatic carbocycles. The third-order valence-electron chi connectivity index (χ3n) is 6.55. The Morgan fingerprint density at radius 2 is 1.97 bits per heavy atom. The van der Waals surface area contributed by atoms with Gasteiger partial charge in [-0.2, -0.15) is 0 Å². The van der Waals surface area contributed by atoms with Gasteiger partial charge in [0.05, 0.1) is 0 Å². The molecule has 2 aliphatic rings. The smallest absolute Gasteiger partial charge is 0.319 e. The van der Waals surface area contributed by atoms with Crippen molar-refractivity contribution in [3.05, 3.63) is 53.3 Å². The van der Waals surface area contributed by atoms with Crippen LogP contribution in [0.15, 0.2) is 36.5 Å². The first kappa shape index (κ1) is 21.9. The van der Waals surface area contributed by atoms with Crippen molar-refractivity contribution in [2.24, 2.45) is 11.3 Å². The minimum atomic E-state index is -1.20. The Morgan fingerprint density at radius 1 is 1.25 bits per heavy atom. The molecule has 8 heteroatoms. The highest BCUT2D eigenvalue weighted by atomic mass is 16.2. The largest absolute Gasteiger partial charge is 0.325 e. The number of aryl methyl sites for hydroxylation is 1. The lowest BCUT2D eigenvalue weighted by Crippen LogP contribution is -2.42. The number of nitrogens with zero attached hydrogens (tertiary/aromatic N) is 3. The van der Waals surface area contributed by atoms with Crippen LogP contribution in [0, 0.1) is 11.3 Å². The van der Waals surface area contributed by atoms with Crippen LogP contribution in [0.25, 0.3) is 0 Å². The standard InChI is InChI=1S/C24H29N5O3/c1-23(2,3)17-10-11-18-15(12-17)13-25-21(26-18)27-19(30)14-29-20(31)24(4,28-22(29)32)16-8-6-5-7-9-16/h5-9,13,17H,10-12,14H2,1-4H3,(H,28,32)(H,25,26,27,30)/t17-,24+/m1/s1. The van der Waals surface area contributed by atoms with Gasteiger partial charge in [0.2, 0.25) is 11.9 Å². The van der Waals surface area contributed by atoms with E-state index >= 15 is 0 Å². The van der Waals surface area contributed by atoms with Crippen LogP contribution in [0.1, 0.15) is 50.9 Å².